The number of amides is 1. The zero-order valence-corrected chi connectivity index (χ0v) is 13.4. The third-order valence-corrected chi connectivity index (χ3v) is 3.84. The van der Waals surface area contributed by atoms with Crippen molar-refractivity contribution in [3.63, 3.8) is 0 Å². The topological polar surface area (TPSA) is 68.0 Å². The Bertz CT molecular complexity index is 470. The van der Waals surface area contributed by atoms with Crippen LogP contribution >= 0.6 is 23.8 Å². The predicted octanol–water partition coefficient (Wildman–Crippen LogP) is 3.55. The molecule has 0 aliphatic heterocycles. The highest BCUT2D eigenvalue weighted by Gasteiger charge is 2.39. The number of carbonyl (C=O) groups excluding carboxylic acids is 1. The maximum absolute atomic E-state index is 12.6. The largest absolute Gasteiger partial charge is 0.392 e. The maximum atomic E-state index is 12.6. The van der Waals surface area contributed by atoms with E-state index < -0.39 is 5.41 Å². The van der Waals surface area contributed by atoms with Crippen LogP contribution in [-0.2, 0) is 4.79 Å². The standard InChI is InChI=1S/C14H20ClN3OS/c1-3-7-14(8-4-2,12(16)20)13(19)18-11-6-5-10(15)9-17-11/h5-6,9H,3-4,7-8H2,1-2H3,(H2,16,20)(H,17,18,19). The normalized spacial score (nSPS) is 11.2. The van der Waals surface area contributed by atoms with Gasteiger partial charge >= 0.3 is 0 Å². The summed E-state index contributed by atoms with van der Waals surface area (Å²) in [4.78, 5) is 16.9. The number of rotatable bonds is 7. The molecule has 0 aliphatic carbocycles. The number of nitrogens with one attached hydrogen (secondary N) is 1. The fourth-order valence-electron chi connectivity index (χ4n) is 2.25. The molecule has 1 aromatic heterocycles. The van der Waals surface area contributed by atoms with Crippen molar-refractivity contribution in [3.8, 4) is 0 Å². The lowest BCUT2D eigenvalue weighted by Gasteiger charge is -2.30. The van der Waals surface area contributed by atoms with Crippen LogP contribution in [0, 0.1) is 5.41 Å². The number of thiocarbonyl (C=S) groups is 1. The van der Waals surface area contributed by atoms with Crippen molar-refractivity contribution >= 4 is 40.5 Å². The van der Waals surface area contributed by atoms with E-state index in [0.717, 1.165) is 12.8 Å². The van der Waals surface area contributed by atoms with E-state index >= 15 is 0 Å². The molecule has 0 bridgehead atoms. The first-order valence-electron chi connectivity index (χ1n) is 6.69. The molecular formula is C14H20ClN3OS. The number of anilines is 1. The van der Waals surface area contributed by atoms with Gasteiger partial charge in [-0.3, -0.25) is 4.79 Å². The summed E-state index contributed by atoms with van der Waals surface area (Å²) in [7, 11) is 0. The minimum absolute atomic E-state index is 0.191. The third-order valence-electron chi connectivity index (χ3n) is 3.23. The van der Waals surface area contributed by atoms with E-state index in [4.69, 9.17) is 29.6 Å². The van der Waals surface area contributed by atoms with Crippen LogP contribution in [0.5, 0.6) is 0 Å². The van der Waals surface area contributed by atoms with Crippen LogP contribution < -0.4 is 11.1 Å². The van der Waals surface area contributed by atoms with Crippen LogP contribution in [0.2, 0.25) is 5.02 Å². The average molecular weight is 314 g/mol. The SMILES string of the molecule is CCCC(CCC)(C(=O)Nc1ccc(Cl)cn1)C(N)=S. The second kappa shape index (κ2) is 7.55. The number of pyridine rings is 1. The van der Waals surface area contributed by atoms with E-state index in [0.29, 0.717) is 23.7 Å². The number of aromatic nitrogens is 1. The summed E-state index contributed by atoms with van der Waals surface area (Å²) in [6.07, 6.45) is 4.42. The van der Waals surface area contributed by atoms with Crippen molar-refractivity contribution in [2.24, 2.45) is 11.1 Å². The Morgan fingerprint density at radius 2 is 2.00 bits per heavy atom. The zero-order valence-electron chi connectivity index (χ0n) is 11.8. The summed E-state index contributed by atoms with van der Waals surface area (Å²) in [6.45, 7) is 4.02. The highest BCUT2D eigenvalue weighted by molar-refractivity contribution is 7.80. The fraction of sp³-hybridized carbons (Fsp3) is 0.500. The van der Waals surface area contributed by atoms with E-state index in [1.807, 2.05) is 13.8 Å². The number of hydrogen-bond donors (Lipinski definition) is 2. The Balaban J connectivity index is 2.98. The van der Waals surface area contributed by atoms with Crippen molar-refractivity contribution in [1.82, 2.24) is 4.98 Å². The molecule has 1 aromatic rings. The Kier molecular flexibility index (Phi) is 6.36. The second-order valence-electron chi connectivity index (χ2n) is 4.76. The molecule has 0 fully saturated rings. The average Bonchev–Trinajstić information content (AvgIpc) is 2.40. The van der Waals surface area contributed by atoms with Crippen LogP contribution in [0.25, 0.3) is 0 Å². The number of halogens is 1. The van der Waals surface area contributed by atoms with E-state index in [2.05, 4.69) is 10.3 Å². The van der Waals surface area contributed by atoms with Crippen molar-refractivity contribution in [3.05, 3.63) is 23.4 Å². The van der Waals surface area contributed by atoms with Gasteiger partial charge in [-0.2, -0.15) is 0 Å². The van der Waals surface area contributed by atoms with Gasteiger partial charge < -0.3 is 11.1 Å². The van der Waals surface area contributed by atoms with Gasteiger partial charge in [0.2, 0.25) is 5.91 Å². The molecule has 1 rings (SSSR count). The molecular weight excluding hydrogens is 294 g/mol. The molecule has 6 heteroatoms. The first-order valence-corrected chi connectivity index (χ1v) is 7.47. The molecule has 0 unspecified atom stereocenters. The lowest BCUT2D eigenvalue weighted by molar-refractivity contribution is -0.122. The van der Waals surface area contributed by atoms with Gasteiger partial charge in [-0.15, -0.1) is 0 Å². The van der Waals surface area contributed by atoms with Crippen LogP contribution in [0.4, 0.5) is 5.82 Å². The summed E-state index contributed by atoms with van der Waals surface area (Å²) in [5, 5.41) is 3.30. The molecule has 0 spiro atoms. The van der Waals surface area contributed by atoms with E-state index in [9.17, 15) is 4.79 Å². The second-order valence-corrected chi connectivity index (χ2v) is 5.64. The Morgan fingerprint density at radius 3 is 2.40 bits per heavy atom. The van der Waals surface area contributed by atoms with Crippen LogP contribution in [-0.4, -0.2) is 15.9 Å². The molecule has 20 heavy (non-hydrogen) atoms. The zero-order chi connectivity index (χ0) is 15.2. The Morgan fingerprint density at radius 1 is 1.40 bits per heavy atom. The summed E-state index contributed by atoms with van der Waals surface area (Å²) in [5.41, 5.74) is 5.05. The predicted molar refractivity (Wildman–Crippen MR) is 86.9 cm³/mol. The van der Waals surface area contributed by atoms with Crippen LogP contribution in [0.3, 0.4) is 0 Å². The third kappa shape index (κ3) is 3.90. The highest BCUT2D eigenvalue weighted by Crippen LogP contribution is 2.32. The van der Waals surface area contributed by atoms with Gasteiger partial charge in [-0.05, 0) is 25.0 Å². The molecule has 0 saturated heterocycles. The van der Waals surface area contributed by atoms with Gasteiger partial charge in [-0.25, -0.2) is 4.98 Å². The van der Waals surface area contributed by atoms with Gasteiger partial charge in [0.25, 0.3) is 0 Å². The fourth-order valence-corrected chi connectivity index (χ4v) is 2.66. The first-order chi connectivity index (χ1) is 9.46. The molecule has 1 amide bonds. The minimum atomic E-state index is -0.805. The lowest BCUT2D eigenvalue weighted by Crippen LogP contribution is -2.46. The molecule has 4 nitrogen and oxygen atoms in total. The minimum Gasteiger partial charge on any atom is -0.392 e. The Labute approximate surface area is 130 Å². The van der Waals surface area contributed by atoms with Gasteiger partial charge in [0.15, 0.2) is 0 Å². The molecule has 0 aromatic carbocycles. The lowest BCUT2D eigenvalue weighted by atomic mass is 9.78. The van der Waals surface area contributed by atoms with Crippen molar-refractivity contribution in [2.45, 2.75) is 39.5 Å². The van der Waals surface area contributed by atoms with E-state index in [1.54, 1.807) is 12.1 Å². The molecule has 3 N–H and O–H groups in total. The number of carbonyl (C=O) groups is 1. The van der Waals surface area contributed by atoms with E-state index in [-0.39, 0.29) is 10.9 Å². The van der Waals surface area contributed by atoms with E-state index in [1.165, 1.54) is 6.20 Å². The first kappa shape index (κ1) is 16.9. The smallest absolute Gasteiger partial charge is 0.238 e. The molecule has 0 atom stereocenters. The molecule has 110 valence electrons. The number of hydrogen-bond acceptors (Lipinski definition) is 3. The van der Waals surface area contributed by atoms with Crippen molar-refractivity contribution in [2.75, 3.05) is 5.32 Å². The van der Waals surface area contributed by atoms with Gasteiger partial charge in [0, 0.05) is 6.20 Å². The quantitative estimate of drug-likeness (QED) is 0.755. The van der Waals surface area contributed by atoms with Gasteiger partial charge in [-0.1, -0.05) is 50.5 Å². The van der Waals surface area contributed by atoms with Gasteiger partial charge in [0.05, 0.1) is 15.4 Å². The molecule has 0 saturated carbocycles. The number of nitrogens with zero attached hydrogens (tertiary/aromatic N) is 1. The van der Waals surface area contributed by atoms with Crippen LogP contribution in [0.1, 0.15) is 39.5 Å². The van der Waals surface area contributed by atoms with Crippen LogP contribution in [0.15, 0.2) is 18.3 Å². The maximum Gasteiger partial charge on any atom is 0.238 e. The number of nitrogens with two attached hydrogens (primary N) is 1. The molecule has 1 heterocycles. The monoisotopic (exact) mass is 313 g/mol. The summed E-state index contributed by atoms with van der Waals surface area (Å²) >= 11 is 10.9. The summed E-state index contributed by atoms with van der Waals surface area (Å²) in [5.74, 6) is 0.260. The highest BCUT2D eigenvalue weighted by atomic mass is 35.5. The van der Waals surface area contributed by atoms with Gasteiger partial charge in [0.1, 0.15) is 5.82 Å². The molecule has 0 aliphatic rings. The Hall–Kier alpha value is -1.20. The molecule has 0 radical (unpaired) electrons. The van der Waals surface area contributed by atoms with Crippen molar-refractivity contribution in [1.29, 1.82) is 0 Å². The summed E-state index contributed by atoms with van der Waals surface area (Å²) < 4.78 is 0. The van der Waals surface area contributed by atoms with Crippen molar-refractivity contribution < 1.29 is 4.79 Å². The summed E-state index contributed by atoms with van der Waals surface area (Å²) in [6, 6.07) is 3.33.